The maximum absolute atomic E-state index is 13.5. The number of nitriles is 1. The lowest BCUT2D eigenvalue weighted by atomic mass is 9.92. The van der Waals surface area contributed by atoms with Crippen molar-refractivity contribution in [3.05, 3.63) is 88.2 Å². The molecule has 0 spiro atoms. The predicted molar refractivity (Wildman–Crippen MR) is 126 cm³/mol. The summed E-state index contributed by atoms with van der Waals surface area (Å²) in [5.41, 5.74) is 8.88. The minimum atomic E-state index is -0.983. The third-order valence-electron chi connectivity index (χ3n) is 5.78. The second kappa shape index (κ2) is 8.24. The molecule has 2 aromatic rings. The molecule has 3 unspecified atom stereocenters. The van der Waals surface area contributed by atoms with Crippen LogP contribution in [0.4, 0.5) is 5.69 Å². The molecule has 9 heteroatoms. The summed E-state index contributed by atoms with van der Waals surface area (Å²) in [6.07, 6.45) is 0. The van der Waals surface area contributed by atoms with Crippen molar-refractivity contribution in [2.75, 3.05) is 5.32 Å². The van der Waals surface area contributed by atoms with Gasteiger partial charge in [0.25, 0.3) is 5.91 Å². The Kier molecular flexibility index (Phi) is 5.24. The van der Waals surface area contributed by atoms with Crippen molar-refractivity contribution in [1.82, 2.24) is 10.2 Å². The second-order valence-corrected chi connectivity index (χ2v) is 8.84. The predicted octanol–water partition coefficient (Wildman–Crippen LogP) is 2.82. The van der Waals surface area contributed by atoms with Crippen molar-refractivity contribution in [2.45, 2.75) is 19.0 Å². The quantitative estimate of drug-likeness (QED) is 0.653. The molecular weight excluding hydrogens is 436 g/mol. The molecule has 0 saturated heterocycles. The largest absolute Gasteiger partial charge is 0.322 e. The van der Waals surface area contributed by atoms with Crippen LogP contribution in [-0.2, 0) is 9.59 Å². The summed E-state index contributed by atoms with van der Waals surface area (Å²) >= 11 is 1.33. The Bertz CT molecular complexity index is 1280. The number of benzene rings is 2. The number of anilines is 1. The Morgan fingerprint density at radius 1 is 1.18 bits per heavy atom. The highest BCUT2D eigenvalue weighted by Crippen LogP contribution is 2.48. The number of nitrogens with zero attached hydrogens (tertiary/aromatic N) is 3. The van der Waals surface area contributed by atoms with Crippen molar-refractivity contribution in [2.24, 2.45) is 16.6 Å². The first kappa shape index (κ1) is 21.0. The highest BCUT2D eigenvalue weighted by molar-refractivity contribution is 8.17. The van der Waals surface area contributed by atoms with Crippen LogP contribution >= 0.6 is 11.8 Å². The van der Waals surface area contributed by atoms with E-state index in [-0.39, 0.29) is 5.91 Å². The number of aliphatic imine (C=N–C) groups is 1. The Balaban J connectivity index is 1.62. The molecule has 33 heavy (non-hydrogen) atoms. The van der Waals surface area contributed by atoms with Crippen molar-refractivity contribution >= 4 is 34.4 Å². The summed E-state index contributed by atoms with van der Waals surface area (Å²) in [6.45, 7) is 1.80. The average molecular weight is 457 g/mol. The first-order valence-corrected chi connectivity index (χ1v) is 11.2. The zero-order chi connectivity index (χ0) is 23.1. The van der Waals surface area contributed by atoms with Crippen LogP contribution in [-0.4, -0.2) is 27.9 Å². The molecule has 5 rings (SSSR count). The number of thioether (sulfide) groups is 1. The molecule has 164 valence electrons. The molecule has 4 N–H and O–H groups in total. The van der Waals surface area contributed by atoms with Crippen LogP contribution in [0.15, 0.2) is 87.7 Å². The average Bonchev–Trinajstić information content (AvgIpc) is 3.17. The van der Waals surface area contributed by atoms with E-state index in [2.05, 4.69) is 10.6 Å². The van der Waals surface area contributed by atoms with Crippen LogP contribution in [0.2, 0.25) is 0 Å². The minimum Gasteiger partial charge on any atom is -0.322 e. The first-order valence-electron chi connectivity index (χ1n) is 10.4. The number of nitrogens with one attached hydrogen (secondary N) is 2. The lowest BCUT2D eigenvalue weighted by Crippen LogP contribution is -2.50. The fourth-order valence-electron chi connectivity index (χ4n) is 4.21. The highest BCUT2D eigenvalue weighted by Gasteiger charge is 2.48. The monoisotopic (exact) mass is 456 g/mol. The number of hydrogen-bond donors (Lipinski definition) is 3. The number of amidine groups is 1. The molecule has 0 bridgehead atoms. The Morgan fingerprint density at radius 3 is 2.52 bits per heavy atom. The van der Waals surface area contributed by atoms with Crippen molar-refractivity contribution in [1.29, 1.82) is 5.26 Å². The number of hydrogen-bond acceptors (Lipinski definition) is 7. The third kappa shape index (κ3) is 3.50. The summed E-state index contributed by atoms with van der Waals surface area (Å²) in [5, 5.41) is 15.8. The Morgan fingerprint density at radius 2 is 1.85 bits per heavy atom. The van der Waals surface area contributed by atoms with E-state index < -0.39 is 23.9 Å². The number of rotatable bonds is 3. The van der Waals surface area contributed by atoms with Crippen LogP contribution in [0, 0.1) is 17.2 Å². The van der Waals surface area contributed by atoms with Gasteiger partial charge >= 0.3 is 0 Å². The van der Waals surface area contributed by atoms with Crippen molar-refractivity contribution < 1.29 is 9.59 Å². The van der Waals surface area contributed by atoms with Gasteiger partial charge in [0, 0.05) is 5.69 Å². The van der Waals surface area contributed by atoms with E-state index in [0.29, 0.717) is 32.9 Å². The zero-order valence-electron chi connectivity index (χ0n) is 17.6. The van der Waals surface area contributed by atoms with Gasteiger partial charge in [0.2, 0.25) is 5.91 Å². The molecule has 3 aliphatic heterocycles. The molecular formula is C24H20N6O2S. The van der Waals surface area contributed by atoms with Gasteiger partial charge in [-0.15, -0.1) is 0 Å². The van der Waals surface area contributed by atoms with Gasteiger partial charge in [-0.05, 0) is 24.6 Å². The van der Waals surface area contributed by atoms with Gasteiger partial charge in [0.05, 0.1) is 34.3 Å². The molecule has 0 saturated carbocycles. The smallest absolute Gasteiger partial charge is 0.255 e. The van der Waals surface area contributed by atoms with E-state index in [1.165, 1.54) is 11.8 Å². The Labute approximate surface area is 194 Å². The first-order chi connectivity index (χ1) is 16.0. The maximum atomic E-state index is 13.5. The van der Waals surface area contributed by atoms with Gasteiger partial charge in [0.15, 0.2) is 5.17 Å². The van der Waals surface area contributed by atoms with Crippen LogP contribution in [0.3, 0.4) is 0 Å². The van der Waals surface area contributed by atoms with Crippen LogP contribution in [0.5, 0.6) is 0 Å². The molecule has 0 fully saturated rings. The summed E-state index contributed by atoms with van der Waals surface area (Å²) in [7, 11) is 0. The summed E-state index contributed by atoms with van der Waals surface area (Å²) in [6, 6.07) is 19.5. The number of allylic oxidation sites excluding steroid dienone is 1. The van der Waals surface area contributed by atoms with Gasteiger partial charge < -0.3 is 16.4 Å². The molecule has 3 aliphatic rings. The lowest BCUT2D eigenvalue weighted by molar-refractivity contribution is -0.123. The number of fused-ring (bicyclic) bond motifs is 2. The standard InChI is InChI=1S/C24H20N6O2S/c1-13-17(23(32)28-15-10-6-3-7-11-15)19(14-8-4-2-5-9-14)30-21-20(33-24(30)27-13)18(26)16(12-25)22(31)29-21/h2-11,16,18-19H,26H2,1H3,(H,28,32)(H,29,31). The van der Waals surface area contributed by atoms with Gasteiger partial charge in [-0.1, -0.05) is 60.3 Å². The molecule has 2 aromatic carbocycles. The maximum Gasteiger partial charge on any atom is 0.255 e. The number of para-hydroxylation sites is 1. The van der Waals surface area contributed by atoms with E-state index in [4.69, 9.17) is 10.7 Å². The molecule has 0 radical (unpaired) electrons. The number of amides is 2. The number of carbonyl (C=O) groups is 2. The molecule has 0 aromatic heterocycles. The SMILES string of the molecule is CC1=C(C(=O)Nc2ccccc2)C(c2ccccc2)N2C(=N1)SC1=C2NC(=O)C(C#N)C1N. The normalized spacial score (nSPS) is 23.9. The van der Waals surface area contributed by atoms with E-state index in [1.807, 2.05) is 71.6 Å². The zero-order valence-corrected chi connectivity index (χ0v) is 18.5. The fourth-order valence-corrected chi connectivity index (χ4v) is 5.40. The molecule has 0 aliphatic carbocycles. The molecule has 8 nitrogen and oxygen atoms in total. The van der Waals surface area contributed by atoms with Crippen molar-refractivity contribution in [3.63, 3.8) is 0 Å². The third-order valence-corrected chi connectivity index (χ3v) is 6.94. The second-order valence-electron chi connectivity index (χ2n) is 7.83. The van der Waals surface area contributed by atoms with Gasteiger partial charge in [-0.25, -0.2) is 4.99 Å². The van der Waals surface area contributed by atoms with Crippen LogP contribution in [0.1, 0.15) is 18.5 Å². The van der Waals surface area contributed by atoms with Gasteiger partial charge in [-0.3, -0.25) is 14.5 Å². The van der Waals surface area contributed by atoms with Crippen LogP contribution in [0.25, 0.3) is 0 Å². The summed E-state index contributed by atoms with van der Waals surface area (Å²) in [4.78, 5) is 33.3. The van der Waals surface area contributed by atoms with Crippen molar-refractivity contribution in [3.8, 4) is 6.07 Å². The molecule has 3 heterocycles. The highest BCUT2D eigenvalue weighted by atomic mass is 32.2. The van der Waals surface area contributed by atoms with Gasteiger partial charge in [-0.2, -0.15) is 5.26 Å². The van der Waals surface area contributed by atoms with E-state index in [1.54, 1.807) is 6.92 Å². The number of nitrogens with two attached hydrogens (primary N) is 1. The minimum absolute atomic E-state index is 0.282. The summed E-state index contributed by atoms with van der Waals surface area (Å²) in [5.74, 6) is -1.24. The summed E-state index contributed by atoms with van der Waals surface area (Å²) < 4.78 is 0. The Hall–Kier alpha value is -3.87. The topological polar surface area (TPSA) is 124 Å². The molecule has 3 atom stereocenters. The van der Waals surface area contributed by atoms with E-state index in [0.717, 1.165) is 5.56 Å². The number of carbonyl (C=O) groups excluding carboxylic acids is 2. The fraction of sp³-hybridized carbons (Fsp3) is 0.167. The lowest BCUT2D eigenvalue weighted by Gasteiger charge is -2.37. The van der Waals surface area contributed by atoms with E-state index in [9.17, 15) is 14.9 Å². The van der Waals surface area contributed by atoms with Crippen LogP contribution < -0.4 is 16.4 Å². The molecule has 2 amide bonds. The van der Waals surface area contributed by atoms with E-state index >= 15 is 0 Å². The van der Waals surface area contributed by atoms with Gasteiger partial charge in [0.1, 0.15) is 11.7 Å².